The van der Waals surface area contributed by atoms with Crippen molar-refractivity contribution in [1.82, 2.24) is 5.43 Å². The van der Waals surface area contributed by atoms with Gasteiger partial charge in [0.15, 0.2) is 0 Å². The molecule has 0 aliphatic carbocycles. The van der Waals surface area contributed by atoms with Crippen LogP contribution in [0.2, 0.25) is 0 Å². The lowest BCUT2D eigenvalue weighted by Crippen LogP contribution is -2.36. The van der Waals surface area contributed by atoms with Gasteiger partial charge in [0.1, 0.15) is 11.6 Å². The highest BCUT2D eigenvalue weighted by Crippen LogP contribution is 2.43. The van der Waals surface area contributed by atoms with Crippen molar-refractivity contribution in [1.29, 1.82) is 0 Å². The molecular weight excluding hydrogens is 358 g/mol. The lowest BCUT2D eigenvalue weighted by molar-refractivity contribution is 0.462. The van der Waals surface area contributed by atoms with Crippen LogP contribution in [0.15, 0.2) is 45.8 Å². The average Bonchev–Trinajstić information content (AvgIpc) is 2.91. The quantitative estimate of drug-likeness (QED) is 0.488. The van der Waals surface area contributed by atoms with Crippen LogP contribution in [0.5, 0.6) is 0 Å². The first-order chi connectivity index (χ1) is 10.1. The number of thioether (sulfide) groups is 1. The van der Waals surface area contributed by atoms with Gasteiger partial charge in [0.2, 0.25) is 0 Å². The summed E-state index contributed by atoms with van der Waals surface area (Å²) in [4.78, 5) is 1.14. The van der Waals surface area contributed by atoms with Crippen LogP contribution in [0.4, 0.5) is 8.78 Å². The van der Waals surface area contributed by atoms with Crippen LogP contribution in [-0.4, -0.2) is 5.25 Å². The first kappa shape index (κ1) is 15.0. The van der Waals surface area contributed by atoms with Gasteiger partial charge in [-0.1, -0.05) is 18.2 Å². The highest BCUT2D eigenvalue weighted by atomic mass is 79.9. The topological polar surface area (TPSA) is 38.0 Å². The van der Waals surface area contributed by atoms with E-state index in [9.17, 15) is 8.78 Å². The van der Waals surface area contributed by atoms with Gasteiger partial charge in [-0.25, -0.2) is 8.78 Å². The summed E-state index contributed by atoms with van der Waals surface area (Å²) in [7, 11) is 0. The van der Waals surface area contributed by atoms with Crippen molar-refractivity contribution in [3.05, 3.63) is 63.6 Å². The molecule has 110 valence electrons. The predicted molar refractivity (Wildman–Crippen MR) is 83.9 cm³/mol. The van der Waals surface area contributed by atoms with Crippen LogP contribution in [0, 0.1) is 11.6 Å². The van der Waals surface area contributed by atoms with E-state index in [2.05, 4.69) is 21.4 Å². The van der Waals surface area contributed by atoms with Crippen molar-refractivity contribution in [2.24, 2.45) is 5.84 Å². The maximum atomic E-state index is 14.3. The van der Waals surface area contributed by atoms with Gasteiger partial charge in [-0.2, -0.15) is 0 Å². The Morgan fingerprint density at radius 2 is 2.00 bits per heavy atom. The zero-order valence-corrected chi connectivity index (χ0v) is 13.3. The van der Waals surface area contributed by atoms with Gasteiger partial charge in [0.05, 0.1) is 10.5 Å². The van der Waals surface area contributed by atoms with Crippen molar-refractivity contribution < 1.29 is 8.78 Å². The van der Waals surface area contributed by atoms with Gasteiger partial charge in [-0.05, 0) is 46.1 Å². The molecule has 0 amide bonds. The van der Waals surface area contributed by atoms with Crippen LogP contribution in [0.3, 0.4) is 0 Å². The molecule has 0 spiro atoms. The zero-order chi connectivity index (χ0) is 15.0. The van der Waals surface area contributed by atoms with Crippen LogP contribution < -0.4 is 11.3 Å². The molecule has 3 N–H and O–H groups in total. The van der Waals surface area contributed by atoms with Crippen molar-refractivity contribution >= 4 is 27.7 Å². The van der Waals surface area contributed by atoms with Gasteiger partial charge >= 0.3 is 0 Å². The minimum absolute atomic E-state index is 0.0165. The normalized spacial score (nSPS) is 18.6. The molecule has 2 nitrogen and oxygen atoms in total. The molecule has 2 atom stereocenters. The number of rotatable bonds is 3. The van der Waals surface area contributed by atoms with E-state index in [1.807, 2.05) is 24.3 Å². The van der Waals surface area contributed by atoms with Gasteiger partial charge in [0.25, 0.3) is 0 Å². The molecule has 0 saturated heterocycles. The SMILES string of the molecule is NNC(c1c(F)ccc(Br)c1F)C1Cc2ccccc2S1. The summed E-state index contributed by atoms with van der Waals surface area (Å²) in [6.45, 7) is 0. The highest BCUT2D eigenvalue weighted by Gasteiger charge is 2.33. The lowest BCUT2D eigenvalue weighted by Gasteiger charge is -2.23. The van der Waals surface area contributed by atoms with Gasteiger partial charge in [-0.3, -0.25) is 11.3 Å². The molecular formula is C15H13BrF2N2S. The fourth-order valence-corrected chi connectivity index (χ4v) is 4.34. The Morgan fingerprint density at radius 3 is 2.71 bits per heavy atom. The monoisotopic (exact) mass is 370 g/mol. The molecule has 2 aromatic carbocycles. The van der Waals surface area contributed by atoms with E-state index in [4.69, 9.17) is 5.84 Å². The smallest absolute Gasteiger partial charge is 0.145 e. The Bertz CT molecular complexity index is 656. The Morgan fingerprint density at radius 1 is 1.24 bits per heavy atom. The second-order valence-corrected chi connectivity index (χ2v) is 7.00. The maximum absolute atomic E-state index is 14.3. The standard InChI is InChI=1S/C15H13BrF2N2S/c16-9-5-6-10(17)13(14(9)18)15(20-19)12-7-8-3-1-2-4-11(8)21-12/h1-6,12,15,20H,7,19H2. The summed E-state index contributed by atoms with van der Waals surface area (Å²) in [5.41, 5.74) is 3.75. The molecule has 6 heteroatoms. The maximum Gasteiger partial charge on any atom is 0.145 e. The first-order valence-electron chi connectivity index (χ1n) is 6.46. The Balaban J connectivity index is 1.96. The van der Waals surface area contributed by atoms with E-state index in [0.717, 1.165) is 11.3 Å². The number of hydrogen-bond donors (Lipinski definition) is 2. The van der Waals surface area contributed by atoms with E-state index in [1.54, 1.807) is 11.8 Å². The number of halogens is 3. The summed E-state index contributed by atoms with van der Waals surface area (Å²) in [6.07, 6.45) is 0.723. The van der Waals surface area contributed by atoms with Gasteiger partial charge in [0, 0.05) is 15.7 Å². The van der Waals surface area contributed by atoms with Crippen molar-refractivity contribution in [2.45, 2.75) is 22.6 Å². The summed E-state index contributed by atoms with van der Waals surface area (Å²) in [5.74, 6) is 4.41. The van der Waals surface area contributed by atoms with Crippen LogP contribution in [0.1, 0.15) is 17.2 Å². The number of nitrogens with two attached hydrogens (primary N) is 1. The molecule has 2 aromatic rings. The molecule has 1 aliphatic rings. The Labute approximate surface area is 134 Å². The number of fused-ring (bicyclic) bond motifs is 1. The van der Waals surface area contributed by atoms with Crippen LogP contribution >= 0.6 is 27.7 Å². The molecule has 2 unspecified atom stereocenters. The highest BCUT2D eigenvalue weighted by molar-refractivity contribution is 9.10. The molecule has 0 fully saturated rings. The fourth-order valence-electron chi connectivity index (χ4n) is 2.60. The third kappa shape index (κ3) is 2.73. The van der Waals surface area contributed by atoms with Crippen LogP contribution in [-0.2, 0) is 6.42 Å². The summed E-state index contributed by atoms with van der Waals surface area (Å²) >= 11 is 4.69. The predicted octanol–water partition coefficient (Wildman–Crippen LogP) is 3.95. The largest absolute Gasteiger partial charge is 0.271 e. The second kappa shape index (κ2) is 6.04. The molecule has 1 aliphatic heterocycles. The Kier molecular flexibility index (Phi) is 4.31. The third-order valence-corrected chi connectivity index (χ3v) is 5.62. The number of hydrazine groups is 1. The minimum atomic E-state index is -0.602. The molecule has 0 aromatic heterocycles. The third-order valence-electron chi connectivity index (χ3n) is 3.61. The Hall–Kier alpha value is -0.950. The first-order valence-corrected chi connectivity index (χ1v) is 8.13. The van der Waals surface area contributed by atoms with E-state index in [-0.39, 0.29) is 15.3 Å². The van der Waals surface area contributed by atoms with Gasteiger partial charge < -0.3 is 0 Å². The van der Waals surface area contributed by atoms with E-state index in [0.29, 0.717) is 0 Å². The molecule has 0 saturated carbocycles. The van der Waals surface area contributed by atoms with E-state index in [1.165, 1.54) is 17.7 Å². The fraction of sp³-hybridized carbons (Fsp3) is 0.200. The lowest BCUT2D eigenvalue weighted by atomic mass is 9.98. The number of nitrogens with one attached hydrogen (secondary N) is 1. The van der Waals surface area contributed by atoms with E-state index < -0.39 is 17.7 Å². The summed E-state index contributed by atoms with van der Waals surface area (Å²) in [6, 6.07) is 9.98. The molecule has 0 radical (unpaired) electrons. The average molecular weight is 371 g/mol. The second-order valence-electron chi connectivity index (χ2n) is 4.87. The van der Waals surface area contributed by atoms with Gasteiger partial charge in [-0.15, -0.1) is 11.8 Å². The summed E-state index contributed by atoms with van der Waals surface area (Å²) < 4.78 is 28.6. The van der Waals surface area contributed by atoms with Crippen molar-refractivity contribution in [3.63, 3.8) is 0 Å². The minimum Gasteiger partial charge on any atom is -0.271 e. The molecule has 21 heavy (non-hydrogen) atoms. The molecule has 0 bridgehead atoms. The summed E-state index contributed by atoms with van der Waals surface area (Å²) in [5, 5.41) is -0.0503. The van der Waals surface area contributed by atoms with E-state index >= 15 is 0 Å². The van der Waals surface area contributed by atoms with Crippen molar-refractivity contribution in [2.75, 3.05) is 0 Å². The van der Waals surface area contributed by atoms with Crippen LogP contribution in [0.25, 0.3) is 0 Å². The van der Waals surface area contributed by atoms with Crippen molar-refractivity contribution in [3.8, 4) is 0 Å². The molecule has 3 rings (SSSR count). The number of hydrogen-bond acceptors (Lipinski definition) is 3. The molecule has 1 heterocycles. The zero-order valence-electron chi connectivity index (χ0n) is 10.9. The number of benzene rings is 2.